The monoisotopic (exact) mass is 573 g/mol. The van der Waals surface area contributed by atoms with Gasteiger partial charge < -0.3 is 16.0 Å². The lowest BCUT2D eigenvalue weighted by molar-refractivity contribution is 0.0980. The number of primary amides is 1. The summed E-state index contributed by atoms with van der Waals surface area (Å²) in [4.78, 5) is 42.3. The molecular weight excluding hydrogens is 534 g/mol. The summed E-state index contributed by atoms with van der Waals surface area (Å²) >= 11 is 1.17. The second kappa shape index (κ2) is 11.0. The number of hydrogen-bond acceptors (Lipinski definition) is 8. The largest absolute Gasteiger partial charge is 0.366 e. The van der Waals surface area contributed by atoms with Gasteiger partial charge in [0.05, 0.1) is 17.3 Å². The molecule has 5 heterocycles. The van der Waals surface area contributed by atoms with E-state index in [0.29, 0.717) is 27.9 Å². The Bertz CT molecular complexity index is 1470. The molecule has 0 aromatic carbocycles. The molecule has 1 unspecified atom stereocenters. The summed E-state index contributed by atoms with van der Waals surface area (Å²) < 4.78 is 2.99. The predicted octanol–water partition coefficient (Wildman–Crippen LogP) is 5.50. The van der Waals surface area contributed by atoms with Gasteiger partial charge in [-0.25, -0.2) is 9.97 Å². The van der Waals surface area contributed by atoms with Gasteiger partial charge in [0.2, 0.25) is 5.91 Å². The van der Waals surface area contributed by atoms with Crippen molar-refractivity contribution in [2.24, 2.45) is 17.6 Å². The standard InChI is InChI=1S/C31H39N7O2S/c1-18-14-23(22-15-19(27(32)39)12-13-33-22)34-25-8-7-9-26(36-25)41-37-29(40)21-10-11-24(30(2,3)4)35-28(21)38-17-20(18)16-31(38,5)6/h7-13,15,18,20,23H,14,16-17H2,1-6H3,(H2,32,39)(H,34,36)(H,37,40)/t18-,20-,23?/m0/s1. The van der Waals surface area contributed by atoms with Gasteiger partial charge in [0.15, 0.2) is 0 Å². The van der Waals surface area contributed by atoms with Gasteiger partial charge in [-0.1, -0.05) is 33.8 Å². The first-order valence-electron chi connectivity index (χ1n) is 14.1. The van der Waals surface area contributed by atoms with E-state index < -0.39 is 5.91 Å². The Morgan fingerprint density at radius 1 is 1.15 bits per heavy atom. The highest BCUT2D eigenvalue weighted by Crippen LogP contribution is 2.43. The number of fused-ring (bicyclic) bond motifs is 6. The molecule has 2 amide bonds. The van der Waals surface area contributed by atoms with Gasteiger partial charge in [-0.3, -0.25) is 19.3 Å². The fourth-order valence-corrected chi connectivity index (χ4v) is 6.39. The molecule has 2 aliphatic heterocycles. The zero-order chi connectivity index (χ0) is 29.5. The van der Waals surface area contributed by atoms with Gasteiger partial charge in [-0.15, -0.1) is 0 Å². The normalized spacial score (nSPS) is 22.5. The number of nitrogens with one attached hydrogen (secondary N) is 2. The van der Waals surface area contributed by atoms with Crippen LogP contribution in [0.5, 0.6) is 0 Å². The molecule has 10 heteroatoms. The third-order valence-corrected chi connectivity index (χ3v) is 8.91. The van der Waals surface area contributed by atoms with E-state index in [9.17, 15) is 9.59 Å². The predicted molar refractivity (Wildman–Crippen MR) is 163 cm³/mol. The van der Waals surface area contributed by atoms with E-state index in [1.54, 1.807) is 18.3 Å². The molecule has 1 fully saturated rings. The van der Waals surface area contributed by atoms with E-state index in [-0.39, 0.29) is 28.8 Å². The lowest BCUT2D eigenvalue weighted by Crippen LogP contribution is -2.40. The maximum absolute atomic E-state index is 13.6. The van der Waals surface area contributed by atoms with E-state index >= 15 is 0 Å². The van der Waals surface area contributed by atoms with E-state index in [1.807, 2.05) is 30.3 Å². The Labute approximate surface area is 246 Å². The molecule has 0 radical (unpaired) electrons. The van der Waals surface area contributed by atoms with Crippen LogP contribution in [0.25, 0.3) is 0 Å². The Balaban J connectivity index is 1.59. The van der Waals surface area contributed by atoms with Crippen LogP contribution in [-0.2, 0) is 5.41 Å². The third kappa shape index (κ3) is 6.17. The van der Waals surface area contributed by atoms with Crippen molar-refractivity contribution >= 4 is 35.4 Å². The maximum atomic E-state index is 13.6. The summed E-state index contributed by atoms with van der Waals surface area (Å²) in [5, 5.41) is 4.20. The van der Waals surface area contributed by atoms with Crippen LogP contribution in [0.2, 0.25) is 0 Å². The summed E-state index contributed by atoms with van der Waals surface area (Å²) in [5.41, 5.74) is 7.89. The van der Waals surface area contributed by atoms with Crippen molar-refractivity contribution in [1.82, 2.24) is 19.7 Å². The first kappa shape index (κ1) is 28.9. The van der Waals surface area contributed by atoms with Gasteiger partial charge in [0, 0.05) is 46.9 Å². The minimum atomic E-state index is -0.486. The van der Waals surface area contributed by atoms with Gasteiger partial charge in [-0.2, -0.15) is 0 Å². The van der Waals surface area contributed by atoms with Crippen molar-refractivity contribution in [1.29, 1.82) is 0 Å². The molecule has 2 aliphatic rings. The molecule has 3 aromatic rings. The summed E-state index contributed by atoms with van der Waals surface area (Å²) in [6, 6.07) is 12.7. The van der Waals surface area contributed by atoms with Gasteiger partial charge in [0.1, 0.15) is 16.7 Å². The zero-order valence-corrected chi connectivity index (χ0v) is 25.4. The van der Waals surface area contributed by atoms with Crippen molar-refractivity contribution in [2.75, 3.05) is 16.8 Å². The highest BCUT2D eigenvalue weighted by Gasteiger charge is 2.43. The van der Waals surface area contributed by atoms with Gasteiger partial charge in [0.25, 0.3) is 5.91 Å². The van der Waals surface area contributed by atoms with Crippen LogP contribution in [0, 0.1) is 11.8 Å². The molecule has 4 bridgehead atoms. The van der Waals surface area contributed by atoms with Crippen LogP contribution >= 0.6 is 11.9 Å². The zero-order valence-electron chi connectivity index (χ0n) is 24.6. The highest BCUT2D eigenvalue weighted by molar-refractivity contribution is 7.97. The topological polar surface area (TPSA) is 126 Å². The van der Waals surface area contributed by atoms with Crippen LogP contribution in [-0.4, -0.2) is 38.8 Å². The van der Waals surface area contributed by atoms with Crippen molar-refractivity contribution in [3.8, 4) is 0 Å². The van der Waals surface area contributed by atoms with Crippen LogP contribution < -0.4 is 20.7 Å². The quantitative estimate of drug-likeness (QED) is 0.343. The minimum Gasteiger partial charge on any atom is -0.366 e. The molecule has 1 saturated heterocycles. The van der Waals surface area contributed by atoms with Gasteiger partial charge in [-0.05, 0) is 74.9 Å². The maximum Gasteiger partial charge on any atom is 0.265 e. The number of rotatable bonds is 2. The number of nitrogens with two attached hydrogens (primary N) is 1. The molecule has 3 atom stereocenters. The van der Waals surface area contributed by atoms with Crippen molar-refractivity contribution in [3.63, 3.8) is 0 Å². The van der Waals surface area contributed by atoms with Crippen LogP contribution in [0.15, 0.2) is 53.7 Å². The lowest BCUT2D eigenvalue weighted by Gasteiger charge is -2.34. The molecule has 0 spiro atoms. The van der Waals surface area contributed by atoms with Crippen molar-refractivity contribution < 1.29 is 9.59 Å². The number of nitrogens with zero attached hydrogens (tertiary/aromatic N) is 4. The van der Waals surface area contributed by atoms with Crippen LogP contribution in [0.4, 0.5) is 11.6 Å². The summed E-state index contributed by atoms with van der Waals surface area (Å²) in [5.74, 6) is 1.31. The van der Waals surface area contributed by atoms with E-state index in [0.717, 1.165) is 36.6 Å². The Kier molecular flexibility index (Phi) is 7.72. The van der Waals surface area contributed by atoms with Gasteiger partial charge >= 0.3 is 0 Å². The van der Waals surface area contributed by atoms with Crippen molar-refractivity contribution in [2.45, 2.75) is 76.4 Å². The summed E-state index contributed by atoms with van der Waals surface area (Å²) in [7, 11) is 0. The molecule has 216 valence electrons. The smallest absolute Gasteiger partial charge is 0.265 e. The fourth-order valence-electron chi connectivity index (χ4n) is 5.80. The molecule has 4 N–H and O–H groups in total. The highest BCUT2D eigenvalue weighted by atomic mass is 32.2. The lowest BCUT2D eigenvalue weighted by atomic mass is 9.83. The first-order valence-corrected chi connectivity index (χ1v) is 14.9. The SMILES string of the molecule is C[C@H]1CC(c2cc(C(N)=O)ccn2)Nc2cccc(n2)SNC(=O)c2ccc(C(C)(C)C)nc2N2C[C@@H]1CC2(C)C. The number of aromatic nitrogens is 3. The van der Waals surface area contributed by atoms with Crippen molar-refractivity contribution in [3.05, 3.63) is 71.2 Å². The minimum absolute atomic E-state index is 0.163. The fraction of sp³-hybridized carbons (Fsp3) is 0.452. The summed E-state index contributed by atoms with van der Waals surface area (Å²) in [6.45, 7) is 13.9. The molecule has 41 heavy (non-hydrogen) atoms. The second-order valence-electron chi connectivity index (χ2n) is 12.8. The van der Waals surface area contributed by atoms with Crippen LogP contribution in [0.3, 0.4) is 0 Å². The average Bonchev–Trinajstić information content (AvgIpc) is 3.25. The molecule has 0 aliphatic carbocycles. The van der Waals surface area contributed by atoms with Crippen LogP contribution in [0.1, 0.15) is 92.5 Å². The molecule has 9 nitrogen and oxygen atoms in total. The molecule has 5 rings (SSSR count). The Hall–Kier alpha value is -3.66. The van der Waals surface area contributed by atoms with E-state index in [2.05, 4.69) is 61.5 Å². The molecule has 3 aromatic heterocycles. The Morgan fingerprint density at radius 2 is 1.93 bits per heavy atom. The van der Waals surface area contributed by atoms with E-state index in [4.69, 9.17) is 15.7 Å². The number of pyridine rings is 3. The Morgan fingerprint density at radius 3 is 2.66 bits per heavy atom. The van der Waals surface area contributed by atoms with E-state index in [1.165, 1.54) is 11.9 Å². The summed E-state index contributed by atoms with van der Waals surface area (Å²) in [6.07, 6.45) is 3.34. The number of amides is 2. The number of carbonyl (C=O) groups is 2. The second-order valence-corrected chi connectivity index (χ2v) is 13.7. The number of hydrogen-bond donors (Lipinski definition) is 3. The third-order valence-electron chi connectivity index (χ3n) is 8.18. The number of anilines is 2. The number of carbonyl (C=O) groups excluding carboxylic acids is 2. The average molecular weight is 574 g/mol. The molecule has 0 saturated carbocycles. The molecular formula is C31H39N7O2S. The first-order chi connectivity index (χ1) is 19.3.